The molecule has 2 heterocycles. The maximum absolute atomic E-state index is 14.1. The van der Waals surface area contributed by atoms with Gasteiger partial charge in [-0.2, -0.15) is 35.9 Å². The Bertz CT molecular complexity index is 1300. The third kappa shape index (κ3) is 3.71. The van der Waals surface area contributed by atoms with Crippen LogP contribution >= 0.6 is 0 Å². The molecule has 0 N–H and O–H groups in total. The lowest BCUT2D eigenvalue weighted by Gasteiger charge is -2.08. The SMILES string of the molecule is O=S(=O)(c1ccc(C(F)(F)F)cc1)n1cc(-c2cc(F)cc(-n3cccn3)c2)cn1. The average molecular weight is 436 g/mol. The van der Waals surface area contributed by atoms with E-state index in [0.29, 0.717) is 33.0 Å². The Morgan fingerprint density at radius 1 is 0.933 bits per heavy atom. The maximum atomic E-state index is 14.1. The summed E-state index contributed by atoms with van der Waals surface area (Å²) in [5, 5.41) is 7.82. The molecule has 2 aromatic heterocycles. The molecule has 11 heteroatoms. The van der Waals surface area contributed by atoms with Gasteiger partial charge in [0.1, 0.15) is 5.82 Å². The second-order valence-corrected chi connectivity index (χ2v) is 8.07. The van der Waals surface area contributed by atoms with Gasteiger partial charge in [-0.1, -0.05) is 0 Å². The van der Waals surface area contributed by atoms with E-state index in [0.717, 1.165) is 18.3 Å². The van der Waals surface area contributed by atoms with E-state index in [1.807, 2.05) is 0 Å². The van der Waals surface area contributed by atoms with E-state index in [-0.39, 0.29) is 4.90 Å². The van der Waals surface area contributed by atoms with Crippen LogP contribution in [-0.4, -0.2) is 27.4 Å². The first-order valence-corrected chi connectivity index (χ1v) is 9.87. The number of hydrogen-bond acceptors (Lipinski definition) is 4. The topological polar surface area (TPSA) is 69.8 Å². The second-order valence-electron chi connectivity index (χ2n) is 6.28. The Hall–Kier alpha value is -3.47. The Labute approximate surface area is 168 Å². The molecular formula is C19H12F4N4O2S. The zero-order valence-electron chi connectivity index (χ0n) is 15.0. The number of nitrogens with zero attached hydrogens (tertiary/aromatic N) is 4. The summed E-state index contributed by atoms with van der Waals surface area (Å²) in [5.74, 6) is -0.559. The first-order chi connectivity index (χ1) is 14.1. The number of benzene rings is 2. The van der Waals surface area contributed by atoms with Crippen LogP contribution in [0.2, 0.25) is 0 Å². The number of rotatable bonds is 4. The standard InChI is InChI=1S/C19H12F4N4O2S/c20-16-8-13(9-17(10-16)26-7-1-6-24-26)14-11-25-27(12-14)30(28,29)18-4-2-15(3-5-18)19(21,22)23/h1-12H. The van der Waals surface area contributed by atoms with Gasteiger partial charge in [-0.15, -0.1) is 0 Å². The summed E-state index contributed by atoms with van der Waals surface area (Å²) in [6.07, 6.45) is 0.957. The van der Waals surface area contributed by atoms with Gasteiger partial charge in [0.2, 0.25) is 0 Å². The van der Waals surface area contributed by atoms with E-state index < -0.39 is 27.6 Å². The summed E-state index contributed by atoms with van der Waals surface area (Å²) in [5.41, 5.74) is 0.120. The molecule has 0 unspecified atom stereocenters. The predicted molar refractivity (Wildman–Crippen MR) is 98.8 cm³/mol. The minimum Gasteiger partial charge on any atom is -0.241 e. The highest BCUT2D eigenvalue weighted by molar-refractivity contribution is 7.89. The highest BCUT2D eigenvalue weighted by Gasteiger charge is 2.31. The van der Waals surface area contributed by atoms with Crippen molar-refractivity contribution in [2.45, 2.75) is 11.1 Å². The number of halogens is 4. The van der Waals surface area contributed by atoms with Crippen LogP contribution in [0, 0.1) is 5.82 Å². The third-order valence-corrected chi connectivity index (χ3v) is 5.83. The zero-order valence-corrected chi connectivity index (χ0v) is 15.8. The molecule has 4 rings (SSSR count). The van der Waals surface area contributed by atoms with E-state index in [2.05, 4.69) is 10.2 Å². The smallest absolute Gasteiger partial charge is 0.241 e. The van der Waals surface area contributed by atoms with Gasteiger partial charge >= 0.3 is 6.18 Å². The van der Waals surface area contributed by atoms with Crippen LogP contribution in [-0.2, 0) is 16.2 Å². The van der Waals surface area contributed by atoms with Crippen molar-refractivity contribution < 1.29 is 26.0 Å². The first kappa shape index (κ1) is 19.8. The average Bonchev–Trinajstić information content (AvgIpc) is 3.39. The summed E-state index contributed by atoms with van der Waals surface area (Å²) in [6, 6.07) is 8.82. The quantitative estimate of drug-likeness (QED) is 0.451. The number of alkyl halides is 3. The van der Waals surface area contributed by atoms with Crippen molar-refractivity contribution in [3.63, 3.8) is 0 Å². The van der Waals surface area contributed by atoms with E-state index in [1.54, 1.807) is 18.3 Å². The largest absolute Gasteiger partial charge is 0.416 e. The fourth-order valence-electron chi connectivity index (χ4n) is 2.80. The van der Waals surface area contributed by atoms with Crippen molar-refractivity contribution in [1.82, 2.24) is 19.0 Å². The molecule has 0 saturated heterocycles. The predicted octanol–water partition coefficient (Wildman–Crippen LogP) is 4.13. The molecule has 30 heavy (non-hydrogen) atoms. The molecule has 0 bridgehead atoms. The number of hydrogen-bond donors (Lipinski definition) is 0. The highest BCUT2D eigenvalue weighted by atomic mass is 32.2. The lowest BCUT2D eigenvalue weighted by atomic mass is 10.1. The Morgan fingerprint density at radius 3 is 2.30 bits per heavy atom. The minimum absolute atomic E-state index is 0.304. The summed E-state index contributed by atoms with van der Waals surface area (Å²) in [6.45, 7) is 0. The van der Waals surface area contributed by atoms with Gasteiger partial charge < -0.3 is 0 Å². The summed E-state index contributed by atoms with van der Waals surface area (Å²) < 4.78 is 79.6. The normalized spacial score (nSPS) is 12.3. The highest BCUT2D eigenvalue weighted by Crippen LogP contribution is 2.30. The minimum atomic E-state index is -4.58. The van der Waals surface area contributed by atoms with E-state index in [1.165, 1.54) is 29.2 Å². The molecule has 0 aliphatic heterocycles. The molecule has 0 saturated carbocycles. The molecule has 0 radical (unpaired) electrons. The van der Waals surface area contributed by atoms with Gasteiger partial charge in [-0.05, 0) is 54.1 Å². The van der Waals surface area contributed by atoms with Gasteiger partial charge in [-0.25, -0.2) is 9.07 Å². The molecular weight excluding hydrogens is 424 g/mol. The van der Waals surface area contributed by atoms with Gasteiger partial charge in [0.05, 0.1) is 28.5 Å². The Morgan fingerprint density at radius 2 is 1.67 bits per heavy atom. The van der Waals surface area contributed by atoms with Crippen LogP contribution in [0.5, 0.6) is 0 Å². The molecule has 0 spiro atoms. The molecule has 0 atom stereocenters. The van der Waals surface area contributed by atoms with Crippen molar-refractivity contribution in [2.75, 3.05) is 0 Å². The van der Waals surface area contributed by atoms with Crippen LogP contribution < -0.4 is 0 Å². The molecule has 6 nitrogen and oxygen atoms in total. The summed E-state index contributed by atoms with van der Waals surface area (Å²) >= 11 is 0. The first-order valence-electron chi connectivity index (χ1n) is 8.43. The van der Waals surface area contributed by atoms with Crippen LogP contribution in [0.1, 0.15) is 5.56 Å². The van der Waals surface area contributed by atoms with Crippen LogP contribution in [0.4, 0.5) is 17.6 Å². The van der Waals surface area contributed by atoms with E-state index >= 15 is 0 Å². The fraction of sp³-hybridized carbons (Fsp3) is 0.0526. The second kappa shape index (κ2) is 7.10. The molecule has 0 aliphatic carbocycles. The fourth-order valence-corrected chi connectivity index (χ4v) is 3.92. The molecule has 0 aliphatic rings. The molecule has 0 fully saturated rings. The van der Waals surface area contributed by atoms with Crippen molar-refractivity contribution in [1.29, 1.82) is 0 Å². The summed E-state index contributed by atoms with van der Waals surface area (Å²) in [4.78, 5) is -0.360. The van der Waals surface area contributed by atoms with Gasteiger partial charge in [0.15, 0.2) is 0 Å². The lowest BCUT2D eigenvalue weighted by molar-refractivity contribution is -0.137. The van der Waals surface area contributed by atoms with E-state index in [4.69, 9.17) is 0 Å². The zero-order chi connectivity index (χ0) is 21.5. The summed E-state index contributed by atoms with van der Waals surface area (Å²) in [7, 11) is -4.22. The van der Waals surface area contributed by atoms with Gasteiger partial charge in [0.25, 0.3) is 10.0 Å². The van der Waals surface area contributed by atoms with Crippen molar-refractivity contribution in [2.24, 2.45) is 0 Å². The molecule has 4 aromatic rings. The van der Waals surface area contributed by atoms with Crippen LogP contribution in [0.15, 0.2) is 78.2 Å². The maximum Gasteiger partial charge on any atom is 0.416 e. The van der Waals surface area contributed by atoms with Gasteiger partial charge in [0, 0.05) is 18.0 Å². The van der Waals surface area contributed by atoms with Crippen molar-refractivity contribution >= 4 is 10.0 Å². The number of aromatic nitrogens is 4. The van der Waals surface area contributed by atoms with Crippen molar-refractivity contribution in [3.05, 3.63) is 84.7 Å². The molecule has 154 valence electrons. The lowest BCUT2D eigenvalue weighted by Crippen LogP contribution is -2.14. The third-order valence-electron chi connectivity index (χ3n) is 4.27. The van der Waals surface area contributed by atoms with E-state index in [9.17, 15) is 26.0 Å². The van der Waals surface area contributed by atoms with Crippen LogP contribution in [0.3, 0.4) is 0 Å². The van der Waals surface area contributed by atoms with Crippen LogP contribution in [0.25, 0.3) is 16.8 Å². The Balaban J connectivity index is 1.69. The molecule has 2 aromatic carbocycles. The Kier molecular flexibility index (Phi) is 4.69. The monoisotopic (exact) mass is 436 g/mol. The van der Waals surface area contributed by atoms with Crippen molar-refractivity contribution in [3.8, 4) is 16.8 Å². The van der Waals surface area contributed by atoms with Gasteiger partial charge in [-0.3, -0.25) is 0 Å². The molecule has 0 amide bonds.